The van der Waals surface area contributed by atoms with Crippen LogP contribution in [0.1, 0.15) is 33.2 Å². The third kappa shape index (κ3) is 3.66. The Balaban J connectivity index is 2.51. The van der Waals surface area contributed by atoms with Gasteiger partial charge in [0.25, 0.3) is 17.3 Å². The van der Waals surface area contributed by atoms with Crippen LogP contribution in [-0.2, 0) is 0 Å². The molecule has 1 amide bonds. The number of para-hydroxylation sites is 1. The van der Waals surface area contributed by atoms with E-state index < -0.39 is 27.1 Å². The summed E-state index contributed by atoms with van der Waals surface area (Å²) in [7, 11) is 0. The standard InChI is InChI=1S/C16H13N3O6/c1-9-13(7-11(18(22)23)8-15(9)19(24)25)16(21)17-14-6-4-3-5-12(14)10(2)20/h3-8H,1-2H3,(H,17,21). The van der Waals surface area contributed by atoms with Crippen molar-refractivity contribution in [2.75, 3.05) is 5.32 Å². The number of hydrogen-bond acceptors (Lipinski definition) is 6. The smallest absolute Gasteiger partial charge is 0.279 e. The second-order valence-corrected chi connectivity index (χ2v) is 5.21. The minimum absolute atomic E-state index is 0.00611. The largest absolute Gasteiger partial charge is 0.321 e. The lowest BCUT2D eigenvalue weighted by atomic mass is 10.0. The molecule has 0 saturated carbocycles. The molecule has 0 radical (unpaired) electrons. The van der Waals surface area contributed by atoms with Crippen LogP contribution in [-0.4, -0.2) is 21.5 Å². The number of rotatable bonds is 5. The molecule has 2 aromatic carbocycles. The highest BCUT2D eigenvalue weighted by atomic mass is 16.6. The van der Waals surface area contributed by atoms with Crippen molar-refractivity contribution in [3.05, 3.63) is 73.3 Å². The molecule has 0 saturated heterocycles. The van der Waals surface area contributed by atoms with Crippen LogP contribution in [0.15, 0.2) is 36.4 Å². The highest BCUT2D eigenvalue weighted by Gasteiger charge is 2.25. The van der Waals surface area contributed by atoms with Crippen LogP contribution in [0.5, 0.6) is 0 Å². The molecule has 0 unspecified atom stereocenters. The van der Waals surface area contributed by atoms with E-state index in [2.05, 4.69) is 5.32 Å². The summed E-state index contributed by atoms with van der Waals surface area (Å²) in [6.07, 6.45) is 0. The van der Waals surface area contributed by atoms with Gasteiger partial charge in [-0.25, -0.2) is 0 Å². The summed E-state index contributed by atoms with van der Waals surface area (Å²) < 4.78 is 0. The summed E-state index contributed by atoms with van der Waals surface area (Å²) in [4.78, 5) is 44.5. The molecule has 0 aromatic heterocycles. The lowest BCUT2D eigenvalue weighted by Crippen LogP contribution is -2.16. The number of nitrogens with zero attached hydrogens (tertiary/aromatic N) is 2. The van der Waals surface area contributed by atoms with Crippen molar-refractivity contribution in [2.45, 2.75) is 13.8 Å². The molecule has 2 aromatic rings. The molecule has 25 heavy (non-hydrogen) atoms. The number of nitro benzene ring substituents is 2. The molecular weight excluding hydrogens is 330 g/mol. The minimum Gasteiger partial charge on any atom is -0.321 e. The molecule has 9 nitrogen and oxygen atoms in total. The first-order chi connectivity index (χ1) is 11.7. The number of carbonyl (C=O) groups is 2. The van der Waals surface area contributed by atoms with Gasteiger partial charge in [-0.3, -0.25) is 29.8 Å². The molecule has 0 fully saturated rings. The van der Waals surface area contributed by atoms with E-state index in [0.717, 1.165) is 12.1 Å². The van der Waals surface area contributed by atoms with Gasteiger partial charge in [0, 0.05) is 17.2 Å². The first-order valence-corrected chi connectivity index (χ1v) is 7.07. The fraction of sp³-hybridized carbons (Fsp3) is 0.125. The number of Topliss-reactive ketones (excluding diaryl/α,β-unsaturated/α-hetero) is 1. The number of non-ortho nitro benzene ring substituents is 1. The van der Waals surface area contributed by atoms with Crippen LogP contribution in [0.4, 0.5) is 17.1 Å². The molecule has 2 rings (SSSR count). The van der Waals surface area contributed by atoms with Gasteiger partial charge in [-0.2, -0.15) is 0 Å². The first-order valence-electron chi connectivity index (χ1n) is 7.07. The third-order valence-corrected chi connectivity index (χ3v) is 3.57. The fourth-order valence-corrected chi connectivity index (χ4v) is 2.30. The number of benzene rings is 2. The molecule has 1 N–H and O–H groups in total. The Morgan fingerprint density at radius 3 is 2.20 bits per heavy atom. The van der Waals surface area contributed by atoms with E-state index in [0.29, 0.717) is 0 Å². The molecular formula is C16H13N3O6. The van der Waals surface area contributed by atoms with Gasteiger partial charge in [0.2, 0.25) is 0 Å². The Labute approximate surface area is 141 Å². The summed E-state index contributed by atoms with van der Waals surface area (Å²) in [6.45, 7) is 2.65. The van der Waals surface area contributed by atoms with Gasteiger partial charge in [0.05, 0.1) is 27.2 Å². The van der Waals surface area contributed by atoms with Crippen molar-refractivity contribution in [3.63, 3.8) is 0 Å². The van der Waals surface area contributed by atoms with Gasteiger partial charge in [-0.15, -0.1) is 0 Å². The maximum absolute atomic E-state index is 12.5. The molecule has 0 bridgehead atoms. The zero-order valence-corrected chi connectivity index (χ0v) is 13.3. The Hall–Kier alpha value is -3.62. The summed E-state index contributed by atoms with van der Waals surface area (Å²) in [5.41, 5.74) is -0.837. The molecule has 9 heteroatoms. The van der Waals surface area contributed by atoms with E-state index in [1.165, 1.54) is 26.0 Å². The van der Waals surface area contributed by atoms with E-state index >= 15 is 0 Å². The second-order valence-electron chi connectivity index (χ2n) is 5.21. The van der Waals surface area contributed by atoms with Crippen LogP contribution in [0, 0.1) is 27.2 Å². The summed E-state index contributed by atoms with van der Waals surface area (Å²) >= 11 is 0. The van der Waals surface area contributed by atoms with Gasteiger partial charge < -0.3 is 5.32 Å². The van der Waals surface area contributed by atoms with Crippen molar-refractivity contribution in [1.82, 2.24) is 0 Å². The average Bonchev–Trinajstić information content (AvgIpc) is 2.54. The Bertz CT molecular complexity index is 907. The van der Waals surface area contributed by atoms with Crippen molar-refractivity contribution in [2.24, 2.45) is 0 Å². The van der Waals surface area contributed by atoms with Crippen molar-refractivity contribution in [3.8, 4) is 0 Å². The normalized spacial score (nSPS) is 10.2. The monoisotopic (exact) mass is 343 g/mol. The van der Waals surface area contributed by atoms with Gasteiger partial charge in [-0.1, -0.05) is 12.1 Å². The van der Waals surface area contributed by atoms with E-state index in [4.69, 9.17) is 0 Å². The lowest BCUT2D eigenvalue weighted by Gasteiger charge is -2.10. The molecule has 0 atom stereocenters. The van der Waals surface area contributed by atoms with Crippen molar-refractivity contribution < 1.29 is 19.4 Å². The lowest BCUT2D eigenvalue weighted by molar-refractivity contribution is -0.394. The number of amides is 1. The van der Waals surface area contributed by atoms with E-state index in [-0.39, 0.29) is 28.2 Å². The van der Waals surface area contributed by atoms with Crippen LogP contribution in [0.3, 0.4) is 0 Å². The van der Waals surface area contributed by atoms with E-state index in [9.17, 15) is 29.8 Å². The van der Waals surface area contributed by atoms with Gasteiger partial charge in [-0.05, 0) is 26.0 Å². The van der Waals surface area contributed by atoms with Crippen molar-refractivity contribution >= 4 is 28.8 Å². The number of nitrogens with one attached hydrogen (secondary N) is 1. The number of ketones is 1. The summed E-state index contributed by atoms with van der Waals surface area (Å²) in [5, 5.41) is 24.5. The highest BCUT2D eigenvalue weighted by Crippen LogP contribution is 2.29. The summed E-state index contributed by atoms with van der Waals surface area (Å²) in [6, 6.07) is 8.00. The molecule has 0 spiro atoms. The molecule has 0 aliphatic carbocycles. The second kappa shape index (κ2) is 6.87. The Morgan fingerprint density at radius 2 is 1.64 bits per heavy atom. The third-order valence-electron chi connectivity index (χ3n) is 3.57. The number of hydrogen-bond donors (Lipinski definition) is 1. The van der Waals surface area contributed by atoms with Crippen LogP contribution < -0.4 is 5.32 Å². The Morgan fingerprint density at radius 1 is 1.00 bits per heavy atom. The average molecular weight is 343 g/mol. The molecule has 0 heterocycles. The van der Waals surface area contributed by atoms with Gasteiger partial charge in [0.1, 0.15) is 0 Å². The maximum Gasteiger partial charge on any atom is 0.279 e. The van der Waals surface area contributed by atoms with E-state index in [1.54, 1.807) is 12.1 Å². The van der Waals surface area contributed by atoms with Crippen LogP contribution in [0.25, 0.3) is 0 Å². The topological polar surface area (TPSA) is 132 Å². The molecule has 0 aliphatic rings. The number of nitro groups is 2. The first kappa shape index (κ1) is 17.7. The highest BCUT2D eigenvalue weighted by molar-refractivity contribution is 6.10. The van der Waals surface area contributed by atoms with Crippen LogP contribution >= 0.6 is 0 Å². The minimum atomic E-state index is -0.813. The van der Waals surface area contributed by atoms with Crippen LogP contribution in [0.2, 0.25) is 0 Å². The molecule has 0 aliphatic heterocycles. The zero-order valence-electron chi connectivity index (χ0n) is 13.3. The predicted molar refractivity (Wildman–Crippen MR) is 88.9 cm³/mol. The van der Waals surface area contributed by atoms with Gasteiger partial charge >= 0.3 is 0 Å². The van der Waals surface area contributed by atoms with E-state index in [1.807, 2.05) is 0 Å². The number of anilines is 1. The predicted octanol–water partition coefficient (Wildman–Crippen LogP) is 3.27. The number of carbonyl (C=O) groups excluding carboxylic acids is 2. The molecule has 128 valence electrons. The van der Waals surface area contributed by atoms with Gasteiger partial charge in [0.15, 0.2) is 5.78 Å². The van der Waals surface area contributed by atoms with Crippen molar-refractivity contribution in [1.29, 1.82) is 0 Å². The summed E-state index contributed by atoms with van der Waals surface area (Å²) in [5.74, 6) is -1.06. The quantitative estimate of drug-likeness (QED) is 0.503. The maximum atomic E-state index is 12.5. The Kier molecular flexibility index (Phi) is 4.87. The SMILES string of the molecule is CC(=O)c1ccccc1NC(=O)c1cc([N+](=O)[O-])cc([N+](=O)[O-])c1C. The zero-order chi connectivity index (χ0) is 18.7. The fourth-order valence-electron chi connectivity index (χ4n) is 2.30.